The summed E-state index contributed by atoms with van der Waals surface area (Å²) in [5.41, 5.74) is 2.06. The molecule has 0 aliphatic carbocycles. The van der Waals surface area contributed by atoms with E-state index in [9.17, 15) is 14.4 Å². The van der Waals surface area contributed by atoms with Crippen molar-refractivity contribution in [3.8, 4) is 0 Å². The van der Waals surface area contributed by atoms with Crippen LogP contribution in [-0.2, 0) is 9.53 Å². The Morgan fingerprint density at radius 3 is 2.05 bits per heavy atom. The maximum absolute atomic E-state index is 13.1. The van der Waals surface area contributed by atoms with Crippen LogP contribution >= 0.6 is 34.8 Å². The normalized spacial score (nSPS) is 11.3. The topological polar surface area (TPSA) is 110 Å². The van der Waals surface area contributed by atoms with Crippen molar-refractivity contribution in [1.82, 2.24) is 15.3 Å². The fraction of sp³-hybridized carbons (Fsp3) is 0.0357. The number of carbonyl (C=O) groups is 3. The molecule has 11 heteroatoms. The van der Waals surface area contributed by atoms with Crippen molar-refractivity contribution in [2.75, 3.05) is 12.4 Å². The number of nitrogens with zero attached hydrogens (tertiary/aromatic N) is 2. The summed E-state index contributed by atoms with van der Waals surface area (Å²) in [6, 6.07) is 18.6. The average molecular weight is 582 g/mol. The Bertz CT molecular complexity index is 1560. The molecule has 0 radical (unpaired) electrons. The lowest BCUT2D eigenvalue weighted by Crippen LogP contribution is -2.30. The van der Waals surface area contributed by atoms with Gasteiger partial charge in [-0.3, -0.25) is 14.6 Å². The Kier molecular flexibility index (Phi) is 8.93. The molecule has 39 heavy (non-hydrogen) atoms. The Labute approximate surface area is 238 Å². The van der Waals surface area contributed by atoms with E-state index < -0.39 is 17.8 Å². The first kappa shape index (κ1) is 27.8. The third-order valence-corrected chi connectivity index (χ3v) is 6.33. The Morgan fingerprint density at radius 1 is 0.795 bits per heavy atom. The quantitative estimate of drug-likeness (QED) is 0.156. The van der Waals surface area contributed by atoms with Crippen LogP contribution in [0.1, 0.15) is 31.8 Å². The zero-order valence-electron chi connectivity index (χ0n) is 20.2. The number of amides is 2. The minimum absolute atomic E-state index is 0.0185. The molecule has 0 spiro atoms. The summed E-state index contributed by atoms with van der Waals surface area (Å²) in [4.78, 5) is 46.6. The number of benzene rings is 2. The highest BCUT2D eigenvalue weighted by atomic mass is 35.5. The summed E-state index contributed by atoms with van der Waals surface area (Å²) in [7, 11) is 1.21. The molecule has 0 atom stereocenters. The van der Waals surface area contributed by atoms with Crippen molar-refractivity contribution in [2.24, 2.45) is 0 Å². The lowest BCUT2D eigenvalue weighted by molar-refractivity contribution is -0.136. The third-order valence-electron chi connectivity index (χ3n) is 5.46. The van der Waals surface area contributed by atoms with Gasteiger partial charge in [0.15, 0.2) is 0 Å². The zero-order valence-corrected chi connectivity index (χ0v) is 22.5. The van der Waals surface area contributed by atoms with Gasteiger partial charge in [-0.25, -0.2) is 9.78 Å². The summed E-state index contributed by atoms with van der Waals surface area (Å²) in [5.74, 6) is -1.94. The number of nitrogens with one attached hydrogen (secondary N) is 2. The van der Waals surface area contributed by atoms with Crippen LogP contribution in [0.25, 0.3) is 5.57 Å². The predicted octanol–water partition coefficient (Wildman–Crippen LogP) is 6.05. The van der Waals surface area contributed by atoms with Gasteiger partial charge >= 0.3 is 5.97 Å². The van der Waals surface area contributed by atoms with E-state index in [4.69, 9.17) is 39.5 Å². The van der Waals surface area contributed by atoms with Gasteiger partial charge in [-0.05, 0) is 35.4 Å². The predicted molar refractivity (Wildman–Crippen MR) is 150 cm³/mol. The summed E-state index contributed by atoms with van der Waals surface area (Å²) < 4.78 is 5.00. The number of esters is 1. The van der Waals surface area contributed by atoms with Gasteiger partial charge in [-0.15, -0.1) is 0 Å². The van der Waals surface area contributed by atoms with E-state index in [2.05, 4.69) is 20.6 Å². The highest BCUT2D eigenvalue weighted by Crippen LogP contribution is 2.29. The Hall–Kier alpha value is -4.24. The first-order valence-electron chi connectivity index (χ1n) is 11.3. The molecule has 0 saturated heterocycles. The van der Waals surface area contributed by atoms with Gasteiger partial charge in [0.1, 0.15) is 10.9 Å². The standard InChI is InChI=1S/C28H19Cl3N4O4/c1-39-28(38)24(35-26(36)19-8-5-13-33-25(19)31)22(16-6-3-2-4-7-16)17-9-11-18(12-10-17)34-27(37)23-20(29)14-32-15-21(23)30/h2-15H,1H3,(H,34,37)(H,35,36)/b24-22+. The van der Waals surface area contributed by atoms with Gasteiger partial charge in [-0.2, -0.15) is 0 Å². The maximum atomic E-state index is 13.1. The summed E-state index contributed by atoms with van der Waals surface area (Å²) in [5, 5.41) is 5.57. The van der Waals surface area contributed by atoms with Crippen LogP contribution in [0.5, 0.6) is 0 Å². The molecule has 2 heterocycles. The second-order valence-corrected chi connectivity index (χ2v) is 9.09. The lowest BCUT2D eigenvalue weighted by Gasteiger charge is -2.17. The molecule has 0 aliphatic heterocycles. The van der Waals surface area contributed by atoms with Gasteiger partial charge in [0, 0.05) is 29.9 Å². The van der Waals surface area contributed by atoms with Crippen LogP contribution < -0.4 is 10.6 Å². The first-order valence-corrected chi connectivity index (χ1v) is 12.4. The van der Waals surface area contributed by atoms with E-state index in [1.165, 1.54) is 31.8 Å². The fourth-order valence-corrected chi connectivity index (χ4v) is 4.40. The molecule has 2 N–H and O–H groups in total. The second-order valence-electron chi connectivity index (χ2n) is 7.91. The molecule has 0 aliphatic rings. The molecule has 2 aromatic carbocycles. The number of ether oxygens (including phenoxy) is 1. The SMILES string of the molecule is COC(=O)/C(NC(=O)c1cccnc1Cl)=C(/c1ccccc1)c1ccc(NC(=O)c2c(Cl)cncc2Cl)cc1. The molecule has 2 aromatic heterocycles. The van der Waals surface area contributed by atoms with E-state index in [1.54, 1.807) is 54.6 Å². The lowest BCUT2D eigenvalue weighted by atomic mass is 9.95. The molecule has 0 saturated carbocycles. The van der Waals surface area contributed by atoms with Crippen LogP contribution in [-0.4, -0.2) is 34.9 Å². The van der Waals surface area contributed by atoms with Gasteiger partial charge < -0.3 is 15.4 Å². The maximum Gasteiger partial charge on any atom is 0.355 e. The van der Waals surface area contributed by atoms with Gasteiger partial charge in [-0.1, -0.05) is 77.3 Å². The van der Waals surface area contributed by atoms with Crippen LogP contribution in [0.3, 0.4) is 0 Å². The van der Waals surface area contributed by atoms with Gasteiger partial charge in [0.2, 0.25) is 0 Å². The molecule has 0 unspecified atom stereocenters. The molecular weight excluding hydrogens is 563 g/mol. The number of hydrogen-bond donors (Lipinski definition) is 2. The average Bonchev–Trinajstić information content (AvgIpc) is 2.94. The van der Waals surface area contributed by atoms with Crippen molar-refractivity contribution in [3.63, 3.8) is 0 Å². The zero-order chi connectivity index (χ0) is 27.9. The minimum Gasteiger partial charge on any atom is -0.464 e. The van der Waals surface area contributed by atoms with Crippen LogP contribution in [0.4, 0.5) is 5.69 Å². The molecule has 196 valence electrons. The number of anilines is 1. The highest BCUT2D eigenvalue weighted by Gasteiger charge is 2.24. The largest absolute Gasteiger partial charge is 0.464 e. The molecule has 0 fully saturated rings. The van der Waals surface area contributed by atoms with Crippen molar-refractivity contribution < 1.29 is 19.1 Å². The van der Waals surface area contributed by atoms with E-state index in [-0.39, 0.29) is 32.0 Å². The summed E-state index contributed by atoms with van der Waals surface area (Å²) in [6.45, 7) is 0. The van der Waals surface area contributed by atoms with E-state index >= 15 is 0 Å². The van der Waals surface area contributed by atoms with E-state index in [0.717, 1.165) is 0 Å². The number of carbonyl (C=O) groups excluding carboxylic acids is 3. The summed E-state index contributed by atoms with van der Waals surface area (Å²) in [6.07, 6.45) is 4.09. The Morgan fingerprint density at radius 2 is 1.44 bits per heavy atom. The van der Waals surface area contributed by atoms with Gasteiger partial charge in [0.05, 0.1) is 28.3 Å². The monoisotopic (exact) mass is 580 g/mol. The number of methoxy groups -OCH3 is 1. The van der Waals surface area contributed by atoms with E-state index in [1.807, 2.05) is 6.07 Å². The smallest absolute Gasteiger partial charge is 0.355 e. The van der Waals surface area contributed by atoms with E-state index in [0.29, 0.717) is 22.4 Å². The minimum atomic E-state index is -0.776. The van der Waals surface area contributed by atoms with Crippen molar-refractivity contribution in [3.05, 3.63) is 128 Å². The van der Waals surface area contributed by atoms with Gasteiger partial charge in [0.25, 0.3) is 11.8 Å². The molecule has 2 amide bonds. The molecule has 4 aromatic rings. The molecule has 8 nitrogen and oxygen atoms in total. The first-order chi connectivity index (χ1) is 18.8. The number of rotatable bonds is 7. The van der Waals surface area contributed by atoms with Crippen LogP contribution in [0, 0.1) is 0 Å². The number of aromatic nitrogens is 2. The van der Waals surface area contributed by atoms with Crippen LogP contribution in [0.15, 0.2) is 91.0 Å². The van der Waals surface area contributed by atoms with Crippen molar-refractivity contribution in [2.45, 2.75) is 0 Å². The number of pyridine rings is 2. The number of halogens is 3. The molecular formula is C28H19Cl3N4O4. The van der Waals surface area contributed by atoms with Crippen molar-refractivity contribution in [1.29, 1.82) is 0 Å². The third kappa shape index (κ3) is 6.43. The molecule has 4 rings (SSSR count). The fourth-order valence-electron chi connectivity index (χ4n) is 3.66. The van der Waals surface area contributed by atoms with Crippen LogP contribution in [0.2, 0.25) is 15.2 Å². The summed E-state index contributed by atoms with van der Waals surface area (Å²) >= 11 is 18.3. The molecule has 0 bridgehead atoms. The second kappa shape index (κ2) is 12.5. The number of hydrogen-bond acceptors (Lipinski definition) is 6. The van der Waals surface area contributed by atoms with Crippen molar-refractivity contribution >= 4 is 63.8 Å². The Balaban J connectivity index is 1.75. The highest BCUT2D eigenvalue weighted by molar-refractivity contribution is 6.40.